The Morgan fingerprint density at radius 3 is 2.54 bits per heavy atom. The molecular weight excluding hydrogens is 229 g/mol. The van der Waals surface area contributed by atoms with Crippen molar-refractivity contribution in [2.75, 3.05) is 0 Å². The zero-order valence-corrected chi connectivity index (χ0v) is 10.2. The van der Waals surface area contributed by atoms with Gasteiger partial charge in [0.1, 0.15) is 6.04 Å². The van der Waals surface area contributed by atoms with E-state index in [1.54, 1.807) is 0 Å². The lowest BCUT2D eigenvalue weighted by Crippen LogP contribution is -2.31. The van der Waals surface area contributed by atoms with E-state index in [0.29, 0.717) is 6.42 Å². The van der Waals surface area contributed by atoms with E-state index >= 15 is 0 Å². The van der Waals surface area contributed by atoms with Crippen molar-refractivity contribution < 1.29 is 14.7 Å². The summed E-state index contributed by atoms with van der Waals surface area (Å²) in [5, 5.41) is 13.7. The molecule has 1 amide bonds. The Morgan fingerprint density at radius 1 is 1.54 bits per heavy atom. The minimum atomic E-state index is -0.948. The molecule has 3 N–H and O–H groups in total. The predicted molar refractivity (Wildman–Crippen MR) is 59.7 cm³/mol. The molecule has 4 atom stereocenters. The Bertz CT molecular complexity index is 190. The first-order valence-electron chi connectivity index (χ1n) is 3.55. The van der Waals surface area contributed by atoms with E-state index in [-0.39, 0.29) is 20.7 Å². The van der Waals surface area contributed by atoms with Crippen LogP contribution in [0.5, 0.6) is 0 Å². The van der Waals surface area contributed by atoms with Gasteiger partial charge in [-0.2, -0.15) is 0 Å². The van der Waals surface area contributed by atoms with E-state index in [1.165, 1.54) is 0 Å². The molecule has 76 valence electrons. The number of aliphatic carboxylic acids is 1. The Balaban J connectivity index is 3.72. The van der Waals surface area contributed by atoms with Crippen LogP contribution < -0.4 is 10.2 Å². The van der Waals surface area contributed by atoms with Crippen molar-refractivity contribution in [3.05, 3.63) is 0 Å². The van der Waals surface area contributed by atoms with Gasteiger partial charge in [0, 0.05) is 6.42 Å². The van der Waals surface area contributed by atoms with Gasteiger partial charge >= 0.3 is 5.97 Å². The van der Waals surface area contributed by atoms with Gasteiger partial charge in [0.2, 0.25) is 5.91 Å². The summed E-state index contributed by atoms with van der Waals surface area (Å²) in [4.78, 5) is 21.4. The van der Waals surface area contributed by atoms with Gasteiger partial charge in [-0.05, 0) is 14.8 Å². The molecule has 0 saturated carbocycles. The zero-order valence-electron chi connectivity index (χ0n) is 6.91. The molecule has 0 aromatic carbocycles. The third-order valence-electron chi connectivity index (χ3n) is 1.37. The summed E-state index contributed by atoms with van der Waals surface area (Å²) in [7, 11) is 4.80. The smallest absolute Gasteiger partial charge is 0.320 e. The number of hydrogen-bond acceptors (Lipinski definition) is 3. The maximum absolute atomic E-state index is 10.9. The number of carbonyl (C=O) groups is 2. The van der Waals surface area contributed by atoms with Crippen LogP contribution in [0, 0.1) is 0 Å². The highest BCUT2D eigenvalue weighted by molar-refractivity contribution is 8.02. The number of carbonyl (C=O) groups excluding carboxylic acids is 1. The Labute approximate surface area is 83.0 Å². The van der Waals surface area contributed by atoms with Crippen LogP contribution in [0.4, 0.5) is 0 Å². The minimum Gasteiger partial charge on any atom is -0.480 e. The normalized spacial score (nSPS) is 13.1. The van der Waals surface area contributed by atoms with Crippen molar-refractivity contribution in [3.63, 3.8) is 0 Å². The second-order valence-corrected chi connectivity index (χ2v) is 4.03. The van der Waals surface area contributed by atoms with Gasteiger partial charge in [0.15, 0.2) is 0 Å². The molecule has 0 aromatic heterocycles. The quantitative estimate of drug-likeness (QED) is 0.577. The molecule has 0 rings (SSSR count). The van der Waals surface area contributed by atoms with Crippen molar-refractivity contribution in [2.45, 2.75) is 18.9 Å². The number of hydrogen-bond donors (Lipinski definition) is 3. The highest BCUT2D eigenvalue weighted by Crippen LogP contribution is 2.13. The molecule has 0 spiro atoms. The van der Waals surface area contributed by atoms with Crippen LogP contribution in [-0.2, 0) is 9.59 Å². The molecular formula is C5H13N2O3P3. The zero-order chi connectivity index (χ0) is 10.3. The number of carboxylic acid groups (broad SMARTS) is 1. The van der Waals surface area contributed by atoms with Crippen LogP contribution in [0.2, 0.25) is 0 Å². The van der Waals surface area contributed by atoms with Crippen LogP contribution in [0.1, 0.15) is 12.8 Å². The summed E-state index contributed by atoms with van der Waals surface area (Å²) in [5.74, 6) is -1.07. The SMILES string of the molecule is O=C(CCC(NP)C(=O)O)NPP. The van der Waals surface area contributed by atoms with E-state index in [1.807, 2.05) is 0 Å². The van der Waals surface area contributed by atoms with Gasteiger partial charge in [0.25, 0.3) is 0 Å². The molecule has 8 heteroatoms. The van der Waals surface area contributed by atoms with E-state index in [2.05, 4.69) is 28.5 Å². The molecule has 0 aliphatic heterocycles. The maximum Gasteiger partial charge on any atom is 0.320 e. The fourth-order valence-electron chi connectivity index (χ4n) is 0.697. The molecule has 13 heavy (non-hydrogen) atoms. The second-order valence-electron chi connectivity index (χ2n) is 2.29. The van der Waals surface area contributed by atoms with E-state index in [4.69, 9.17) is 5.11 Å². The van der Waals surface area contributed by atoms with Crippen molar-refractivity contribution >= 4 is 38.6 Å². The lowest BCUT2D eigenvalue weighted by molar-refractivity contribution is -0.139. The van der Waals surface area contributed by atoms with Gasteiger partial charge in [0.05, 0.1) is 0 Å². The van der Waals surface area contributed by atoms with Crippen LogP contribution in [0.3, 0.4) is 0 Å². The van der Waals surface area contributed by atoms with Crippen molar-refractivity contribution in [1.82, 2.24) is 10.2 Å². The molecule has 0 heterocycles. The summed E-state index contributed by atoms with van der Waals surface area (Å²) >= 11 is 0. The van der Waals surface area contributed by atoms with Crippen molar-refractivity contribution in [3.8, 4) is 0 Å². The highest BCUT2D eigenvalue weighted by atomic mass is 32.0. The largest absolute Gasteiger partial charge is 0.480 e. The average molecular weight is 242 g/mol. The first-order chi connectivity index (χ1) is 6.11. The fourth-order valence-corrected chi connectivity index (χ4v) is 1.77. The summed E-state index contributed by atoms with van der Waals surface area (Å²) in [5.41, 5.74) is 0. The van der Waals surface area contributed by atoms with Crippen LogP contribution in [0.15, 0.2) is 0 Å². The number of carboxylic acids is 1. The second kappa shape index (κ2) is 7.58. The number of rotatable bonds is 6. The molecule has 5 nitrogen and oxygen atoms in total. The van der Waals surface area contributed by atoms with E-state index < -0.39 is 12.0 Å². The lowest BCUT2D eigenvalue weighted by atomic mass is 10.2. The molecule has 0 aliphatic rings. The van der Waals surface area contributed by atoms with Gasteiger partial charge < -0.3 is 10.2 Å². The Hall–Kier alpha value is 0.190. The molecule has 0 bridgehead atoms. The van der Waals surface area contributed by atoms with Gasteiger partial charge in [-0.1, -0.05) is 18.3 Å². The standard InChI is InChI=1S/C5H13N2O3P3/c8-4(7-13-12)2-1-3(6-11)5(9)10/h3,6,13H,1-2,11-12H2,(H,7,8)(H,9,10). The molecule has 4 unspecified atom stereocenters. The lowest BCUT2D eigenvalue weighted by Gasteiger charge is -2.09. The minimum absolute atomic E-state index is 0.125. The summed E-state index contributed by atoms with van der Waals surface area (Å²) in [6, 6.07) is -0.677. The van der Waals surface area contributed by atoms with Gasteiger partial charge in [-0.25, -0.2) is 0 Å². The van der Waals surface area contributed by atoms with Crippen molar-refractivity contribution in [1.29, 1.82) is 0 Å². The third-order valence-corrected chi connectivity index (χ3v) is 2.63. The number of amides is 1. The van der Waals surface area contributed by atoms with Gasteiger partial charge in [-0.15, -0.1) is 0 Å². The molecule has 0 radical (unpaired) electrons. The topological polar surface area (TPSA) is 78.4 Å². The number of nitrogens with one attached hydrogen (secondary N) is 2. The third kappa shape index (κ3) is 6.29. The summed E-state index contributed by atoms with van der Waals surface area (Å²) in [6.45, 7) is 0. The fraction of sp³-hybridized carbons (Fsp3) is 0.600. The molecule has 0 aliphatic carbocycles. The van der Waals surface area contributed by atoms with Crippen LogP contribution in [0.25, 0.3) is 0 Å². The predicted octanol–water partition coefficient (Wildman–Crippen LogP) is 0.0993. The molecule has 0 saturated heterocycles. The van der Waals surface area contributed by atoms with E-state index in [9.17, 15) is 9.59 Å². The molecule has 0 fully saturated rings. The first kappa shape index (κ1) is 13.2. The van der Waals surface area contributed by atoms with E-state index in [0.717, 1.165) is 0 Å². The Morgan fingerprint density at radius 2 is 2.15 bits per heavy atom. The first-order valence-corrected chi connectivity index (χ1v) is 6.94. The summed E-state index contributed by atoms with van der Waals surface area (Å²) < 4.78 is 0. The highest BCUT2D eigenvalue weighted by Gasteiger charge is 2.15. The monoisotopic (exact) mass is 242 g/mol. The average Bonchev–Trinajstić information content (AvgIpc) is 2.05. The Kier molecular flexibility index (Phi) is 7.69. The van der Waals surface area contributed by atoms with Crippen molar-refractivity contribution in [2.24, 2.45) is 0 Å². The summed E-state index contributed by atoms with van der Waals surface area (Å²) in [6.07, 6.45) is 0.513. The van der Waals surface area contributed by atoms with Crippen LogP contribution >= 0.6 is 26.7 Å². The maximum atomic E-state index is 10.9. The van der Waals surface area contributed by atoms with Crippen LogP contribution in [-0.4, -0.2) is 23.0 Å². The van der Waals surface area contributed by atoms with Gasteiger partial charge in [-0.3, -0.25) is 14.7 Å². The molecule has 0 aromatic rings.